The number of hydrogen-bond donors (Lipinski definition) is 2. The number of nitrogens with zero attached hydrogens (tertiary/aromatic N) is 3. The number of likely N-dealkylation sites (tertiary alicyclic amines) is 1. The number of carbonyl (C=O) groups excluding carboxylic acids is 1. The van der Waals surface area contributed by atoms with Crippen molar-refractivity contribution < 1.29 is 18.3 Å². The van der Waals surface area contributed by atoms with Gasteiger partial charge >= 0.3 is 6.03 Å². The Bertz CT molecular complexity index is 1100. The molecule has 2 amide bonds. The number of aromatic nitrogens is 2. The summed E-state index contributed by atoms with van der Waals surface area (Å²) < 4.78 is 34.8. The SMILES string of the molecule is CN(C)CC1CCN(C(=O)Nc2cc(F)c(Oc3ccnc4[nH]cc(Cl)c34)c(F)c2)C1. The lowest BCUT2D eigenvalue weighted by Gasteiger charge is -2.19. The van der Waals surface area contributed by atoms with E-state index in [0.29, 0.717) is 35.1 Å². The van der Waals surface area contributed by atoms with Gasteiger partial charge in [0.1, 0.15) is 11.4 Å². The Morgan fingerprint density at radius 2 is 2.13 bits per heavy atom. The number of nitrogens with one attached hydrogen (secondary N) is 2. The van der Waals surface area contributed by atoms with Crippen LogP contribution in [0.4, 0.5) is 19.3 Å². The fourth-order valence-electron chi connectivity index (χ4n) is 3.80. The maximum absolute atomic E-state index is 14.7. The summed E-state index contributed by atoms with van der Waals surface area (Å²) in [5.41, 5.74) is 0.452. The zero-order chi connectivity index (χ0) is 22.1. The highest BCUT2D eigenvalue weighted by molar-refractivity contribution is 6.36. The van der Waals surface area contributed by atoms with E-state index in [4.69, 9.17) is 16.3 Å². The van der Waals surface area contributed by atoms with Gasteiger partial charge in [-0.05, 0) is 32.5 Å². The smallest absolute Gasteiger partial charge is 0.321 e. The molecule has 0 aliphatic carbocycles. The molecule has 0 spiro atoms. The number of halogens is 3. The summed E-state index contributed by atoms with van der Waals surface area (Å²) in [5.74, 6) is -1.94. The minimum Gasteiger partial charge on any atom is -0.450 e. The van der Waals surface area contributed by atoms with Gasteiger partial charge in [-0.25, -0.2) is 18.6 Å². The van der Waals surface area contributed by atoms with Crippen molar-refractivity contribution in [1.29, 1.82) is 0 Å². The highest BCUT2D eigenvalue weighted by atomic mass is 35.5. The highest BCUT2D eigenvalue weighted by Crippen LogP contribution is 2.36. The van der Waals surface area contributed by atoms with Gasteiger partial charge in [-0.3, -0.25) is 0 Å². The number of amides is 2. The third kappa shape index (κ3) is 4.57. The first-order chi connectivity index (χ1) is 14.8. The Balaban J connectivity index is 1.49. The highest BCUT2D eigenvalue weighted by Gasteiger charge is 2.27. The molecular formula is C21H22ClF2N5O2. The third-order valence-corrected chi connectivity index (χ3v) is 5.44. The molecule has 10 heteroatoms. The lowest BCUT2D eigenvalue weighted by atomic mass is 10.1. The molecule has 2 N–H and O–H groups in total. The molecule has 0 radical (unpaired) electrons. The number of pyridine rings is 1. The van der Waals surface area contributed by atoms with Crippen molar-refractivity contribution in [2.45, 2.75) is 6.42 Å². The zero-order valence-corrected chi connectivity index (χ0v) is 17.8. The first-order valence-corrected chi connectivity index (χ1v) is 10.2. The maximum atomic E-state index is 14.7. The predicted molar refractivity (Wildman–Crippen MR) is 115 cm³/mol. The molecule has 1 saturated heterocycles. The Morgan fingerprint density at radius 3 is 2.84 bits per heavy atom. The van der Waals surface area contributed by atoms with Gasteiger partial charge in [-0.15, -0.1) is 0 Å². The van der Waals surface area contributed by atoms with Crippen LogP contribution in [0.15, 0.2) is 30.6 Å². The molecule has 1 unspecified atom stereocenters. The Hall–Kier alpha value is -2.91. The maximum Gasteiger partial charge on any atom is 0.321 e. The molecule has 3 heterocycles. The second-order valence-corrected chi connectivity index (χ2v) is 8.24. The summed E-state index contributed by atoms with van der Waals surface area (Å²) in [6.07, 6.45) is 3.84. The monoisotopic (exact) mass is 449 g/mol. The molecule has 2 aromatic heterocycles. The van der Waals surface area contributed by atoms with Crippen LogP contribution in [0.3, 0.4) is 0 Å². The number of urea groups is 1. The molecule has 1 aliphatic heterocycles. The Kier molecular flexibility index (Phi) is 5.97. The van der Waals surface area contributed by atoms with Crippen LogP contribution in [0.2, 0.25) is 5.02 Å². The lowest BCUT2D eigenvalue weighted by Crippen LogP contribution is -2.34. The van der Waals surface area contributed by atoms with Gasteiger partial charge in [0.25, 0.3) is 0 Å². The van der Waals surface area contributed by atoms with Gasteiger partial charge in [0.2, 0.25) is 0 Å². The van der Waals surface area contributed by atoms with Crippen molar-refractivity contribution >= 4 is 34.4 Å². The second-order valence-electron chi connectivity index (χ2n) is 7.83. The van der Waals surface area contributed by atoms with Crippen LogP contribution < -0.4 is 10.1 Å². The quantitative estimate of drug-likeness (QED) is 0.592. The van der Waals surface area contributed by atoms with E-state index in [2.05, 4.69) is 20.2 Å². The molecule has 1 aliphatic rings. The Morgan fingerprint density at radius 1 is 1.39 bits per heavy atom. The average Bonchev–Trinajstić information content (AvgIpc) is 3.32. The van der Waals surface area contributed by atoms with Gasteiger partial charge in [0.05, 0.1) is 10.4 Å². The van der Waals surface area contributed by atoms with E-state index in [1.807, 2.05) is 14.1 Å². The van der Waals surface area contributed by atoms with Crippen LogP contribution in [-0.4, -0.2) is 59.5 Å². The van der Waals surface area contributed by atoms with Crippen LogP contribution in [0.25, 0.3) is 11.0 Å². The summed E-state index contributed by atoms with van der Waals surface area (Å²) in [5, 5.41) is 3.31. The van der Waals surface area contributed by atoms with Gasteiger partial charge in [0.15, 0.2) is 17.4 Å². The molecular weight excluding hydrogens is 428 g/mol. The summed E-state index contributed by atoms with van der Waals surface area (Å²) in [7, 11) is 3.97. The fourth-order valence-corrected chi connectivity index (χ4v) is 4.04. The first kappa shape index (κ1) is 21.3. The Labute approximate surface area is 182 Å². The molecule has 1 aromatic carbocycles. The van der Waals surface area contributed by atoms with Crippen molar-refractivity contribution in [3.05, 3.63) is 47.2 Å². The molecule has 3 aromatic rings. The summed E-state index contributed by atoms with van der Waals surface area (Å²) >= 11 is 6.11. The van der Waals surface area contributed by atoms with Crippen molar-refractivity contribution in [2.75, 3.05) is 39.0 Å². The topological polar surface area (TPSA) is 73.5 Å². The van der Waals surface area contributed by atoms with Crippen LogP contribution in [0, 0.1) is 17.6 Å². The molecule has 1 atom stereocenters. The van der Waals surface area contributed by atoms with E-state index in [-0.39, 0.29) is 17.5 Å². The fraction of sp³-hybridized carbons (Fsp3) is 0.333. The molecule has 7 nitrogen and oxygen atoms in total. The van der Waals surface area contributed by atoms with Crippen LogP contribution >= 0.6 is 11.6 Å². The van der Waals surface area contributed by atoms with E-state index < -0.39 is 17.4 Å². The zero-order valence-electron chi connectivity index (χ0n) is 17.1. The van der Waals surface area contributed by atoms with E-state index in [1.54, 1.807) is 4.90 Å². The molecule has 1 fully saturated rings. The number of benzene rings is 1. The molecule has 4 rings (SSSR count). The minimum atomic E-state index is -0.946. The van der Waals surface area contributed by atoms with E-state index in [9.17, 15) is 13.6 Å². The summed E-state index contributed by atoms with van der Waals surface area (Å²) in [6.45, 7) is 2.09. The van der Waals surface area contributed by atoms with E-state index in [0.717, 1.165) is 25.1 Å². The number of hydrogen-bond acceptors (Lipinski definition) is 4. The van der Waals surface area contributed by atoms with Gasteiger partial charge < -0.3 is 24.8 Å². The first-order valence-electron chi connectivity index (χ1n) is 9.81. The van der Waals surface area contributed by atoms with Crippen molar-refractivity contribution in [3.63, 3.8) is 0 Å². The average molecular weight is 450 g/mol. The van der Waals surface area contributed by atoms with Crippen LogP contribution in [0.5, 0.6) is 11.5 Å². The van der Waals surface area contributed by atoms with Gasteiger partial charge in [-0.2, -0.15) is 0 Å². The summed E-state index contributed by atoms with van der Waals surface area (Å²) in [4.78, 5) is 23.2. The normalized spacial score (nSPS) is 16.3. The predicted octanol–water partition coefficient (Wildman–Crippen LogP) is 4.70. The van der Waals surface area contributed by atoms with E-state index in [1.165, 1.54) is 18.5 Å². The van der Waals surface area contributed by atoms with Crippen molar-refractivity contribution in [3.8, 4) is 11.5 Å². The standard InChI is InChI=1S/C21H22ClF2N5O2/c1-28(2)10-12-4-6-29(11-12)21(30)27-13-7-15(23)19(16(24)8-13)31-17-3-5-25-20-18(17)14(22)9-26-20/h3,5,7-9,12H,4,6,10-11H2,1-2H3,(H,25,26)(H,27,30). The third-order valence-electron chi connectivity index (χ3n) is 5.15. The van der Waals surface area contributed by atoms with Gasteiger partial charge in [-0.1, -0.05) is 11.6 Å². The molecule has 0 bridgehead atoms. The van der Waals surface area contributed by atoms with Gasteiger partial charge in [0, 0.05) is 49.8 Å². The number of aromatic amines is 1. The number of anilines is 1. The van der Waals surface area contributed by atoms with Crippen molar-refractivity contribution in [1.82, 2.24) is 19.8 Å². The number of ether oxygens (including phenoxy) is 1. The number of H-pyrrole nitrogens is 1. The van der Waals surface area contributed by atoms with Crippen molar-refractivity contribution in [2.24, 2.45) is 5.92 Å². The lowest BCUT2D eigenvalue weighted by molar-refractivity contribution is 0.219. The molecule has 164 valence electrons. The van der Waals surface area contributed by atoms with E-state index >= 15 is 0 Å². The molecule has 0 saturated carbocycles. The number of carbonyl (C=O) groups is 1. The minimum absolute atomic E-state index is 0.0166. The second kappa shape index (κ2) is 8.68. The largest absolute Gasteiger partial charge is 0.450 e. The van der Waals surface area contributed by atoms with Crippen LogP contribution in [0.1, 0.15) is 6.42 Å². The number of rotatable bonds is 5. The number of fused-ring (bicyclic) bond motifs is 1. The van der Waals surface area contributed by atoms with Crippen LogP contribution in [-0.2, 0) is 0 Å². The summed E-state index contributed by atoms with van der Waals surface area (Å²) in [6, 6.07) is 3.14. The molecule has 31 heavy (non-hydrogen) atoms.